The van der Waals surface area contributed by atoms with E-state index in [1.807, 2.05) is 24.3 Å². The summed E-state index contributed by atoms with van der Waals surface area (Å²) >= 11 is 1.64. The second-order valence-electron chi connectivity index (χ2n) is 5.11. The highest BCUT2D eigenvalue weighted by Gasteiger charge is 2.10. The fourth-order valence-electron chi connectivity index (χ4n) is 2.19. The van der Waals surface area contributed by atoms with E-state index in [2.05, 4.69) is 15.3 Å². The van der Waals surface area contributed by atoms with E-state index in [0.29, 0.717) is 18.8 Å². The van der Waals surface area contributed by atoms with Crippen LogP contribution in [0.15, 0.2) is 28.6 Å². The van der Waals surface area contributed by atoms with Crippen LogP contribution in [0.5, 0.6) is 11.5 Å². The van der Waals surface area contributed by atoms with Gasteiger partial charge in [-0.25, -0.2) is 4.98 Å². The molecule has 2 rings (SSSR count). The number of hydrogen-bond acceptors (Lipinski definition) is 5. The molecule has 1 aromatic heterocycles. The number of nitrogens with zero attached hydrogens (tertiary/aromatic N) is 3. The van der Waals surface area contributed by atoms with Gasteiger partial charge in [-0.15, -0.1) is 35.3 Å². The molecule has 0 atom stereocenters. The Morgan fingerprint density at radius 2 is 2.21 bits per heavy atom. The van der Waals surface area contributed by atoms with E-state index in [9.17, 15) is 5.11 Å². The Balaban J connectivity index is 0.00000288. The zero-order chi connectivity index (χ0) is 16.8. The maximum Gasteiger partial charge on any atom is 0.194 e. The number of phenolic OH excluding ortho intramolecular Hbond substituents is 1. The van der Waals surface area contributed by atoms with Crippen molar-refractivity contribution in [2.75, 3.05) is 21.2 Å². The zero-order valence-corrected chi connectivity index (χ0v) is 17.4. The molecule has 2 N–H and O–H groups in total. The number of aromatic hydroxyl groups is 1. The van der Waals surface area contributed by atoms with E-state index >= 15 is 0 Å². The van der Waals surface area contributed by atoms with E-state index in [-0.39, 0.29) is 29.7 Å². The third kappa shape index (κ3) is 5.52. The zero-order valence-electron chi connectivity index (χ0n) is 14.2. The maximum atomic E-state index is 9.93. The normalized spacial score (nSPS) is 10.9. The summed E-state index contributed by atoms with van der Waals surface area (Å²) < 4.78 is 5.19. The molecular weight excluding hydrogens is 439 g/mol. The largest absolute Gasteiger partial charge is 0.508 e. The van der Waals surface area contributed by atoms with Crippen molar-refractivity contribution in [3.63, 3.8) is 0 Å². The van der Waals surface area contributed by atoms with Crippen LogP contribution >= 0.6 is 35.3 Å². The van der Waals surface area contributed by atoms with Gasteiger partial charge in [-0.1, -0.05) is 0 Å². The minimum Gasteiger partial charge on any atom is -0.508 e. The number of aromatic nitrogens is 1. The summed E-state index contributed by atoms with van der Waals surface area (Å²) in [5.74, 6) is 1.67. The Labute approximate surface area is 163 Å². The lowest BCUT2D eigenvalue weighted by Crippen LogP contribution is -2.38. The highest BCUT2D eigenvalue weighted by Crippen LogP contribution is 2.22. The number of aliphatic imine (C=N–C) groups is 1. The van der Waals surface area contributed by atoms with Crippen molar-refractivity contribution in [2.24, 2.45) is 4.99 Å². The van der Waals surface area contributed by atoms with Crippen molar-refractivity contribution < 1.29 is 9.84 Å². The van der Waals surface area contributed by atoms with Crippen molar-refractivity contribution in [1.29, 1.82) is 0 Å². The molecule has 0 unspecified atom stereocenters. The quantitative estimate of drug-likeness (QED) is 0.406. The molecule has 0 radical (unpaired) electrons. The van der Waals surface area contributed by atoms with Gasteiger partial charge in [-0.05, 0) is 25.1 Å². The summed E-state index contributed by atoms with van der Waals surface area (Å²) in [6.07, 6.45) is 0. The van der Waals surface area contributed by atoms with Crippen molar-refractivity contribution in [1.82, 2.24) is 15.2 Å². The van der Waals surface area contributed by atoms with E-state index in [4.69, 9.17) is 4.74 Å². The van der Waals surface area contributed by atoms with Crippen molar-refractivity contribution in [2.45, 2.75) is 20.0 Å². The van der Waals surface area contributed by atoms with Gasteiger partial charge in [0.25, 0.3) is 0 Å². The van der Waals surface area contributed by atoms with Gasteiger partial charge in [-0.3, -0.25) is 4.99 Å². The fraction of sp³-hybridized carbons (Fsp3) is 0.375. The Bertz CT molecular complexity index is 690. The van der Waals surface area contributed by atoms with Gasteiger partial charge in [0.1, 0.15) is 11.5 Å². The molecule has 1 heterocycles. The molecular formula is C16H23IN4O2S. The van der Waals surface area contributed by atoms with Crippen LogP contribution in [0.1, 0.15) is 16.3 Å². The third-order valence-corrected chi connectivity index (χ3v) is 4.19. The molecule has 0 saturated carbocycles. The van der Waals surface area contributed by atoms with Gasteiger partial charge >= 0.3 is 0 Å². The predicted octanol–water partition coefficient (Wildman–Crippen LogP) is 2.99. The average Bonchev–Trinajstić information content (AvgIpc) is 2.94. The van der Waals surface area contributed by atoms with Crippen LogP contribution in [0.2, 0.25) is 0 Å². The van der Waals surface area contributed by atoms with E-state index < -0.39 is 0 Å². The molecule has 132 valence electrons. The number of thiazole rings is 1. The van der Waals surface area contributed by atoms with Gasteiger partial charge in [-0.2, -0.15) is 0 Å². The SMILES string of the molecule is CN=C(NCc1cc(OC)ccc1O)N(C)Cc1csc(C)n1.I. The molecule has 0 aliphatic heterocycles. The molecule has 24 heavy (non-hydrogen) atoms. The second kappa shape index (κ2) is 9.67. The van der Waals surface area contributed by atoms with Crippen molar-refractivity contribution in [3.05, 3.63) is 39.8 Å². The third-order valence-electron chi connectivity index (χ3n) is 3.36. The van der Waals surface area contributed by atoms with Gasteiger partial charge in [0.05, 0.1) is 24.4 Å². The minimum absolute atomic E-state index is 0. The summed E-state index contributed by atoms with van der Waals surface area (Å²) in [6, 6.07) is 5.16. The topological polar surface area (TPSA) is 70.0 Å². The molecule has 1 aromatic carbocycles. The van der Waals surface area contributed by atoms with Crippen LogP contribution in [-0.4, -0.2) is 42.2 Å². The second-order valence-corrected chi connectivity index (χ2v) is 6.17. The number of rotatable bonds is 5. The number of methoxy groups -OCH3 is 1. The number of benzene rings is 1. The van der Waals surface area contributed by atoms with Crippen LogP contribution < -0.4 is 10.1 Å². The summed E-state index contributed by atoms with van der Waals surface area (Å²) in [6.45, 7) is 3.12. The lowest BCUT2D eigenvalue weighted by molar-refractivity contribution is 0.410. The van der Waals surface area contributed by atoms with E-state index in [1.54, 1.807) is 43.7 Å². The first-order valence-electron chi connectivity index (χ1n) is 7.22. The Morgan fingerprint density at radius 1 is 1.46 bits per heavy atom. The van der Waals surface area contributed by atoms with Crippen LogP contribution in [0.25, 0.3) is 0 Å². The molecule has 8 heteroatoms. The first-order valence-corrected chi connectivity index (χ1v) is 8.10. The van der Waals surface area contributed by atoms with E-state index in [1.165, 1.54) is 0 Å². The summed E-state index contributed by atoms with van der Waals surface area (Å²) in [4.78, 5) is 10.7. The van der Waals surface area contributed by atoms with Crippen LogP contribution in [-0.2, 0) is 13.1 Å². The molecule has 0 amide bonds. The number of halogens is 1. The van der Waals surface area contributed by atoms with Crippen LogP contribution in [0.4, 0.5) is 0 Å². The van der Waals surface area contributed by atoms with Crippen LogP contribution in [0, 0.1) is 6.92 Å². The first kappa shape index (κ1) is 20.5. The summed E-state index contributed by atoms with van der Waals surface area (Å²) in [5, 5.41) is 16.3. The Kier molecular flexibility index (Phi) is 8.26. The fourth-order valence-corrected chi connectivity index (χ4v) is 2.79. The Hall–Kier alpha value is -1.55. The number of guanidine groups is 1. The Morgan fingerprint density at radius 3 is 2.79 bits per heavy atom. The number of aryl methyl sites for hydroxylation is 1. The van der Waals surface area contributed by atoms with Crippen LogP contribution in [0.3, 0.4) is 0 Å². The predicted molar refractivity (Wildman–Crippen MR) is 109 cm³/mol. The molecule has 0 aliphatic carbocycles. The standard InChI is InChI=1S/C16H22N4O2S.HI/c1-11-19-13(10-23-11)9-20(3)16(17-2)18-8-12-7-14(22-4)5-6-15(12)21;/h5-7,10,21H,8-9H2,1-4H3,(H,17,18);1H. The summed E-state index contributed by atoms with van der Waals surface area (Å²) in [7, 11) is 5.29. The monoisotopic (exact) mass is 462 g/mol. The van der Waals surface area contributed by atoms with E-state index in [0.717, 1.165) is 22.2 Å². The van der Waals surface area contributed by atoms with Crippen molar-refractivity contribution >= 4 is 41.3 Å². The molecule has 0 bridgehead atoms. The first-order chi connectivity index (χ1) is 11.0. The molecule has 2 aromatic rings. The average molecular weight is 462 g/mol. The molecule has 0 spiro atoms. The molecule has 0 aliphatic rings. The lowest BCUT2D eigenvalue weighted by atomic mass is 10.2. The van der Waals surface area contributed by atoms with Gasteiger partial charge in [0.2, 0.25) is 0 Å². The lowest BCUT2D eigenvalue weighted by Gasteiger charge is -2.21. The maximum absolute atomic E-state index is 9.93. The number of phenols is 1. The van der Waals surface area contributed by atoms with Gasteiger partial charge in [0.15, 0.2) is 5.96 Å². The number of hydrogen-bond donors (Lipinski definition) is 2. The van der Waals surface area contributed by atoms with Crippen molar-refractivity contribution in [3.8, 4) is 11.5 Å². The number of ether oxygens (including phenoxy) is 1. The molecule has 0 fully saturated rings. The highest BCUT2D eigenvalue weighted by atomic mass is 127. The summed E-state index contributed by atoms with van der Waals surface area (Å²) in [5.41, 5.74) is 1.77. The number of nitrogens with one attached hydrogen (secondary N) is 1. The minimum atomic E-state index is 0. The smallest absolute Gasteiger partial charge is 0.194 e. The van der Waals surface area contributed by atoms with Gasteiger partial charge < -0.3 is 20.1 Å². The highest BCUT2D eigenvalue weighted by molar-refractivity contribution is 14.0. The van der Waals surface area contributed by atoms with Gasteiger partial charge in [0, 0.05) is 31.6 Å². The molecule has 6 nitrogen and oxygen atoms in total. The molecule has 0 saturated heterocycles.